The molecule has 1 heterocycles. The summed E-state index contributed by atoms with van der Waals surface area (Å²) >= 11 is 0. The van der Waals surface area contributed by atoms with Crippen LogP contribution in [-0.4, -0.2) is 70.7 Å². The number of sulfone groups is 1. The number of nitrogens with zero attached hydrogens (tertiary/aromatic N) is 1. The molecule has 1 saturated carbocycles. The second-order valence-corrected chi connectivity index (χ2v) is 9.56. The molecular weight excluding hydrogens is 368 g/mol. The van der Waals surface area contributed by atoms with E-state index in [4.69, 9.17) is 4.74 Å². The zero-order valence-electron chi connectivity index (χ0n) is 16.3. The van der Waals surface area contributed by atoms with Gasteiger partial charge >= 0.3 is 0 Å². The second kappa shape index (κ2) is 11.5. The van der Waals surface area contributed by atoms with E-state index in [9.17, 15) is 13.2 Å². The maximum atomic E-state index is 11.9. The number of aliphatic imine (C=N–C) groups is 1. The van der Waals surface area contributed by atoms with E-state index in [1.165, 1.54) is 32.1 Å². The van der Waals surface area contributed by atoms with Crippen LogP contribution in [0.15, 0.2) is 4.99 Å². The Morgan fingerprint density at radius 3 is 2.52 bits per heavy atom. The Labute approximate surface area is 162 Å². The number of guanidine groups is 1. The molecule has 0 bridgehead atoms. The molecule has 8 nitrogen and oxygen atoms in total. The van der Waals surface area contributed by atoms with Crippen LogP contribution < -0.4 is 16.0 Å². The van der Waals surface area contributed by atoms with Crippen molar-refractivity contribution in [3.8, 4) is 0 Å². The number of hydrogen-bond acceptors (Lipinski definition) is 5. The van der Waals surface area contributed by atoms with Gasteiger partial charge in [0.05, 0.1) is 17.6 Å². The number of amides is 1. The van der Waals surface area contributed by atoms with Crippen LogP contribution in [0.5, 0.6) is 0 Å². The first-order valence-electron chi connectivity index (χ1n) is 10.0. The molecule has 3 N–H and O–H groups in total. The molecule has 156 valence electrons. The van der Waals surface area contributed by atoms with Gasteiger partial charge in [0, 0.05) is 39.2 Å². The Morgan fingerprint density at radius 1 is 1.11 bits per heavy atom. The fourth-order valence-electron chi connectivity index (χ4n) is 3.48. The lowest BCUT2D eigenvalue weighted by atomic mass is 9.98. The predicted molar refractivity (Wildman–Crippen MR) is 107 cm³/mol. The SMILES string of the molecule is CN=C(NCCCOC1CCCCC1)NCCC(=O)NC1CCS(=O)(=O)C1. The van der Waals surface area contributed by atoms with E-state index < -0.39 is 9.84 Å². The molecule has 1 aliphatic heterocycles. The second-order valence-electron chi connectivity index (χ2n) is 7.33. The predicted octanol–water partition coefficient (Wildman–Crippen LogP) is 0.584. The minimum atomic E-state index is -2.97. The molecule has 9 heteroatoms. The fraction of sp³-hybridized carbons (Fsp3) is 0.889. The monoisotopic (exact) mass is 402 g/mol. The molecule has 0 spiro atoms. The molecule has 0 radical (unpaired) electrons. The summed E-state index contributed by atoms with van der Waals surface area (Å²) in [6, 6.07) is -0.246. The van der Waals surface area contributed by atoms with Crippen molar-refractivity contribution < 1.29 is 17.9 Å². The van der Waals surface area contributed by atoms with Gasteiger partial charge in [-0.3, -0.25) is 9.79 Å². The van der Waals surface area contributed by atoms with Crippen LogP contribution in [0.4, 0.5) is 0 Å². The first kappa shape index (κ1) is 21.9. The van der Waals surface area contributed by atoms with Crippen molar-refractivity contribution in [3.05, 3.63) is 0 Å². The van der Waals surface area contributed by atoms with Crippen molar-refractivity contribution in [1.29, 1.82) is 0 Å². The van der Waals surface area contributed by atoms with Crippen molar-refractivity contribution in [3.63, 3.8) is 0 Å². The molecule has 2 aliphatic rings. The molecule has 2 fully saturated rings. The molecule has 1 aliphatic carbocycles. The van der Waals surface area contributed by atoms with Gasteiger partial charge in [0.15, 0.2) is 15.8 Å². The van der Waals surface area contributed by atoms with Gasteiger partial charge in [-0.05, 0) is 25.7 Å². The van der Waals surface area contributed by atoms with Crippen LogP contribution in [0, 0.1) is 0 Å². The lowest BCUT2D eigenvalue weighted by Gasteiger charge is -2.22. The van der Waals surface area contributed by atoms with Gasteiger partial charge in [-0.25, -0.2) is 8.42 Å². The maximum Gasteiger partial charge on any atom is 0.222 e. The topological polar surface area (TPSA) is 109 Å². The number of ether oxygens (including phenoxy) is 1. The molecule has 0 aromatic carbocycles. The van der Waals surface area contributed by atoms with Crippen LogP contribution in [0.1, 0.15) is 51.4 Å². The molecule has 1 atom stereocenters. The van der Waals surface area contributed by atoms with E-state index in [0.717, 1.165) is 19.6 Å². The Hall–Kier alpha value is -1.35. The van der Waals surface area contributed by atoms with E-state index in [1.807, 2.05) is 0 Å². The highest BCUT2D eigenvalue weighted by molar-refractivity contribution is 7.91. The van der Waals surface area contributed by atoms with Crippen molar-refractivity contribution >= 4 is 21.7 Å². The average Bonchev–Trinajstić information content (AvgIpc) is 2.99. The minimum absolute atomic E-state index is 0.0539. The number of rotatable bonds is 9. The molecule has 1 unspecified atom stereocenters. The first-order valence-corrected chi connectivity index (χ1v) is 11.9. The zero-order valence-corrected chi connectivity index (χ0v) is 17.2. The van der Waals surface area contributed by atoms with Crippen molar-refractivity contribution in [1.82, 2.24) is 16.0 Å². The molecule has 0 aromatic rings. The van der Waals surface area contributed by atoms with Crippen LogP contribution in [0.2, 0.25) is 0 Å². The van der Waals surface area contributed by atoms with Gasteiger partial charge in [0.25, 0.3) is 0 Å². The Balaban J connectivity index is 1.50. The van der Waals surface area contributed by atoms with Crippen molar-refractivity contribution in [2.75, 3.05) is 38.2 Å². The standard InChI is InChI=1S/C18H34N4O4S/c1-19-18(20-10-5-12-26-16-6-3-2-4-7-16)21-11-8-17(23)22-15-9-13-27(24,25)14-15/h15-16H,2-14H2,1H3,(H,22,23)(H2,19,20,21). The summed E-state index contributed by atoms with van der Waals surface area (Å²) in [5, 5.41) is 9.10. The summed E-state index contributed by atoms with van der Waals surface area (Å²) in [6.07, 6.45) is 8.40. The molecule has 2 rings (SSSR count). The number of hydrogen-bond donors (Lipinski definition) is 3. The largest absolute Gasteiger partial charge is 0.378 e. The Kier molecular flexibility index (Phi) is 9.33. The van der Waals surface area contributed by atoms with Gasteiger partial charge in [-0.2, -0.15) is 0 Å². The third kappa shape index (κ3) is 8.92. The summed E-state index contributed by atoms with van der Waals surface area (Å²) in [5.41, 5.74) is 0. The van der Waals surface area contributed by atoms with Gasteiger partial charge in [0.2, 0.25) is 5.91 Å². The van der Waals surface area contributed by atoms with E-state index in [-0.39, 0.29) is 29.9 Å². The highest BCUT2D eigenvalue weighted by Gasteiger charge is 2.28. The summed E-state index contributed by atoms with van der Waals surface area (Å²) < 4.78 is 28.7. The molecule has 27 heavy (non-hydrogen) atoms. The normalized spacial score (nSPS) is 23.1. The first-order chi connectivity index (χ1) is 13.0. The van der Waals surface area contributed by atoms with E-state index >= 15 is 0 Å². The number of carbonyl (C=O) groups is 1. The zero-order chi connectivity index (χ0) is 19.5. The highest BCUT2D eigenvalue weighted by atomic mass is 32.2. The molecular formula is C18H34N4O4S. The lowest BCUT2D eigenvalue weighted by Crippen LogP contribution is -2.41. The maximum absolute atomic E-state index is 11.9. The van der Waals surface area contributed by atoms with Crippen LogP contribution in [-0.2, 0) is 19.4 Å². The van der Waals surface area contributed by atoms with Crippen LogP contribution in [0.3, 0.4) is 0 Å². The summed E-state index contributed by atoms with van der Waals surface area (Å²) in [4.78, 5) is 16.0. The summed E-state index contributed by atoms with van der Waals surface area (Å²) in [5.74, 6) is 0.736. The molecule has 1 amide bonds. The number of nitrogens with one attached hydrogen (secondary N) is 3. The molecule has 1 saturated heterocycles. The highest BCUT2D eigenvalue weighted by Crippen LogP contribution is 2.20. The molecule has 0 aromatic heterocycles. The number of carbonyl (C=O) groups excluding carboxylic acids is 1. The fourth-order valence-corrected chi connectivity index (χ4v) is 5.16. The van der Waals surface area contributed by atoms with E-state index in [2.05, 4.69) is 20.9 Å². The Bertz CT molecular complexity index is 588. The van der Waals surface area contributed by atoms with Gasteiger partial charge in [0.1, 0.15) is 0 Å². The van der Waals surface area contributed by atoms with E-state index in [0.29, 0.717) is 25.0 Å². The third-order valence-corrected chi connectivity index (χ3v) is 6.75. The summed E-state index contributed by atoms with van der Waals surface area (Å²) in [7, 11) is -1.28. The van der Waals surface area contributed by atoms with Crippen molar-refractivity contribution in [2.45, 2.75) is 63.5 Å². The third-order valence-electron chi connectivity index (χ3n) is 4.98. The van der Waals surface area contributed by atoms with Crippen LogP contribution >= 0.6 is 0 Å². The quantitative estimate of drug-likeness (QED) is 0.296. The van der Waals surface area contributed by atoms with Crippen molar-refractivity contribution in [2.24, 2.45) is 4.99 Å². The van der Waals surface area contributed by atoms with Crippen LogP contribution in [0.25, 0.3) is 0 Å². The minimum Gasteiger partial charge on any atom is -0.378 e. The smallest absolute Gasteiger partial charge is 0.222 e. The summed E-state index contributed by atoms with van der Waals surface area (Å²) in [6.45, 7) is 1.96. The van der Waals surface area contributed by atoms with Gasteiger partial charge in [-0.1, -0.05) is 19.3 Å². The van der Waals surface area contributed by atoms with Gasteiger partial charge in [-0.15, -0.1) is 0 Å². The Morgan fingerprint density at radius 2 is 1.85 bits per heavy atom. The van der Waals surface area contributed by atoms with E-state index in [1.54, 1.807) is 7.05 Å². The van der Waals surface area contributed by atoms with Gasteiger partial charge < -0.3 is 20.7 Å². The average molecular weight is 403 g/mol. The lowest BCUT2D eigenvalue weighted by molar-refractivity contribution is -0.121.